The number of fused-ring (bicyclic) bond motifs is 2. The molecule has 18 heavy (non-hydrogen) atoms. The Balaban J connectivity index is 2.40. The lowest BCUT2D eigenvalue weighted by molar-refractivity contribution is -0.641. The second-order valence-corrected chi connectivity index (χ2v) is 4.94. The average Bonchev–Trinajstić information content (AvgIpc) is 2.57. The topological polar surface area (TPSA) is 105 Å². The van der Waals surface area contributed by atoms with Crippen LogP contribution in [0.25, 0.3) is 11.0 Å². The lowest BCUT2D eigenvalue weighted by Gasteiger charge is -2.13. The van der Waals surface area contributed by atoms with Crippen LogP contribution in [0.2, 0.25) is 0 Å². The second kappa shape index (κ2) is 3.52. The van der Waals surface area contributed by atoms with Crippen LogP contribution in [0.3, 0.4) is 0 Å². The number of nitrogens with two attached hydrogens (primary N) is 2. The minimum Gasteiger partial charge on any atom is -0.594 e. The normalized spacial score (nSPS) is 22.4. The lowest BCUT2D eigenvalue weighted by atomic mass is 9.95. The third kappa shape index (κ3) is 1.35. The summed E-state index contributed by atoms with van der Waals surface area (Å²) in [6.07, 6.45) is 0.789. The summed E-state index contributed by atoms with van der Waals surface area (Å²) in [7, 11) is 0. The predicted molar refractivity (Wildman–Crippen MR) is 67.7 cm³/mol. The summed E-state index contributed by atoms with van der Waals surface area (Å²) in [4.78, 5) is 4.72. The highest BCUT2D eigenvalue weighted by molar-refractivity contribution is 5.79. The summed E-state index contributed by atoms with van der Waals surface area (Å²) >= 11 is 0. The molecule has 4 N–H and O–H groups in total. The van der Waals surface area contributed by atoms with E-state index in [4.69, 9.17) is 11.5 Å². The number of hydrogen-bond acceptors (Lipinski definition) is 5. The van der Waals surface area contributed by atoms with Crippen molar-refractivity contribution in [1.29, 1.82) is 0 Å². The van der Waals surface area contributed by atoms with E-state index in [2.05, 4.69) is 17.0 Å². The Morgan fingerprint density at radius 1 is 1.50 bits per heavy atom. The van der Waals surface area contributed by atoms with Gasteiger partial charge in [0.05, 0.1) is 5.10 Å². The van der Waals surface area contributed by atoms with E-state index < -0.39 is 0 Å². The van der Waals surface area contributed by atoms with Crippen molar-refractivity contribution in [2.75, 3.05) is 5.73 Å². The Morgan fingerprint density at radius 3 is 2.94 bits per heavy atom. The maximum Gasteiger partial charge on any atom is 0.288 e. The second-order valence-electron chi connectivity index (χ2n) is 4.94. The van der Waals surface area contributed by atoms with Gasteiger partial charge in [-0.05, 0) is 40.8 Å². The first-order chi connectivity index (χ1) is 8.49. The first kappa shape index (κ1) is 11.2. The van der Waals surface area contributed by atoms with Gasteiger partial charge in [-0.15, -0.1) is 0 Å². The van der Waals surface area contributed by atoms with Gasteiger partial charge < -0.3 is 16.7 Å². The summed E-state index contributed by atoms with van der Waals surface area (Å²) in [5.74, 6) is 0.274. The molecule has 0 aliphatic heterocycles. The zero-order valence-corrected chi connectivity index (χ0v) is 10.3. The fraction of sp³-hybridized carbons (Fsp3) is 0.417. The number of benzene rings is 1. The Bertz CT molecular complexity index is 655. The number of rotatable bonds is 0. The quantitative estimate of drug-likeness (QED) is 0.507. The molecule has 1 aliphatic carbocycles. The summed E-state index contributed by atoms with van der Waals surface area (Å²) in [5.41, 5.74) is 16.0. The third-order valence-electron chi connectivity index (χ3n) is 3.84. The van der Waals surface area contributed by atoms with Gasteiger partial charge >= 0.3 is 0 Å². The van der Waals surface area contributed by atoms with E-state index in [1.807, 2.05) is 13.0 Å². The van der Waals surface area contributed by atoms with Crippen molar-refractivity contribution in [2.45, 2.75) is 32.2 Å². The molecule has 6 nitrogen and oxygen atoms in total. The summed E-state index contributed by atoms with van der Waals surface area (Å²) in [6.45, 7) is 4.06. The number of nitrogens with zero attached hydrogens (tertiary/aromatic N) is 3. The summed E-state index contributed by atoms with van der Waals surface area (Å²) in [6, 6.07) is 1.94. The van der Waals surface area contributed by atoms with Crippen LogP contribution in [0.15, 0.2) is 6.07 Å². The molecule has 2 atom stereocenters. The Kier molecular flexibility index (Phi) is 2.18. The van der Waals surface area contributed by atoms with E-state index in [0.717, 1.165) is 17.5 Å². The predicted octanol–water partition coefficient (Wildman–Crippen LogP) is 0.141. The van der Waals surface area contributed by atoms with Crippen LogP contribution < -0.4 is 16.3 Å². The zero-order chi connectivity index (χ0) is 13.0. The van der Waals surface area contributed by atoms with Gasteiger partial charge in [-0.3, -0.25) is 0 Å². The Labute approximate surface area is 104 Å². The molecule has 0 amide bonds. The molecular weight excluding hydrogens is 230 g/mol. The van der Waals surface area contributed by atoms with Gasteiger partial charge in [0.2, 0.25) is 0 Å². The first-order valence-electron chi connectivity index (χ1n) is 5.94. The van der Waals surface area contributed by atoms with Crippen molar-refractivity contribution in [1.82, 2.24) is 10.1 Å². The van der Waals surface area contributed by atoms with Gasteiger partial charge in [0.25, 0.3) is 11.5 Å². The number of aromatic nitrogens is 3. The molecule has 1 heterocycles. The molecule has 3 rings (SSSR count). The van der Waals surface area contributed by atoms with Crippen LogP contribution >= 0.6 is 0 Å². The number of aryl methyl sites for hydroxylation is 1. The van der Waals surface area contributed by atoms with Gasteiger partial charge in [-0.2, -0.15) is 0 Å². The lowest BCUT2D eigenvalue weighted by Crippen LogP contribution is -2.34. The molecule has 1 aromatic carbocycles. The summed E-state index contributed by atoms with van der Waals surface area (Å²) in [5, 5.41) is 15.4. The molecule has 0 fully saturated rings. The maximum absolute atomic E-state index is 11.8. The van der Waals surface area contributed by atoms with E-state index in [0.29, 0.717) is 15.9 Å². The Hall–Kier alpha value is -1.95. The number of hydrogen-bond donors (Lipinski definition) is 2. The van der Waals surface area contributed by atoms with Crippen molar-refractivity contribution in [3.05, 3.63) is 28.0 Å². The molecule has 0 bridgehead atoms. The van der Waals surface area contributed by atoms with E-state index in [9.17, 15) is 5.21 Å². The highest BCUT2D eigenvalue weighted by Crippen LogP contribution is 2.36. The fourth-order valence-electron chi connectivity index (χ4n) is 2.89. The van der Waals surface area contributed by atoms with E-state index >= 15 is 0 Å². The van der Waals surface area contributed by atoms with Crippen molar-refractivity contribution in [3.63, 3.8) is 0 Å². The Morgan fingerprint density at radius 2 is 2.22 bits per heavy atom. The monoisotopic (exact) mass is 245 g/mol. The van der Waals surface area contributed by atoms with Gasteiger partial charge in [-0.25, -0.2) is 4.98 Å². The van der Waals surface area contributed by atoms with Crippen molar-refractivity contribution in [2.24, 2.45) is 5.73 Å². The van der Waals surface area contributed by atoms with Gasteiger partial charge in [0.1, 0.15) is 5.52 Å². The van der Waals surface area contributed by atoms with Gasteiger partial charge in [0.15, 0.2) is 0 Å². The molecule has 0 spiro atoms. The molecule has 2 unspecified atom stereocenters. The van der Waals surface area contributed by atoms with Crippen LogP contribution in [0, 0.1) is 12.1 Å². The first-order valence-corrected chi connectivity index (χ1v) is 5.94. The SMILES string of the molecule is Cc1c2c(cc3c1nc(N)n[n+]3[O-])CC(N)C2C. The van der Waals surface area contributed by atoms with Crippen LogP contribution in [0.5, 0.6) is 0 Å². The highest BCUT2D eigenvalue weighted by Gasteiger charge is 2.31. The molecule has 0 radical (unpaired) electrons. The maximum atomic E-state index is 11.8. The van der Waals surface area contributed by atoms with Gasteiger partial charge in [-0.1, -0.05) is 6.92 Å². The minimum atomic E-state index is -0.00417. The molecule has 6 heteroatoms. The van der Waals surface area contributed by atoms with Gasteiger partial charge in [0, 0.05) is 12.1 Å². The van der Waals surface area contributed by atoms with Crippen LogP contribution in [-0.4, -0.2) is 16.1 Å². The van der Waals surface area contributed by atoms with Crippen molar-refractivity contribution >= 4 is 17.0 Å². The van der Waals surface area contributed by atoms with E-state index in [1.165, 1.54) is 5.56 Å². The largest absolute Gasteiger partial charge is 0.594 e. The van der Waals surface area contributed by atoms with Crippen molar-refractivity contribution in [3.8, 4) is 0 Å². The number of anilines is 1. The molecule has 94 valence electrons. The van der Waals surface area contributed by atoms with Crippen LogP contribution in [0.4, 0.5) is 5.95 Å². The molecular formula is C12H15N5O. The molecule has 1 aliphatic rings. The van der Waals surface area contributed by atoms with E-state index in [-0.39, 0.29) is 17.9 Å². The minimum absolute atomic E-state index is 0.00417. The number of nitrogen functional groups attached to an aromatic ring is 1. The van der Waals surface area contributed by atoms with Crippen LogP contribution in [0.1, 0.15) is 29.5 Å². The third-order valence-corrected chi connectivity index (χ3v) is 3.84. The molecule has 2 aromatic rings. The molecule has 1 aromatic heterocycles. The molecule has 0 saturated carbocycles. The van der Waals surface area contributed by atoms with Crippen molar-refractivity contribution < 1.29 is 4.85 Å². The smallest absolute Gasteiger partial charge is 0.288 e. The molecule has 0 saturated heterocycles. The van der Waals surface area contributed by atoms with E-state index in [1.54, 1.807) is 0 Å². The highest BCUT2D eigenvalue weighted by atomic mass is 16.5. The van der Waals surface area contributed by atoms with Crippen LogP contribution in [-0.2, 0) is 6.42 Å². The summed E-state index contributed by atoms with van der Waals surface area (Å²) < 4.78 is 0. The zero-order valence-electron chi connectivity index (χ0n) is 10.3. The average molecular weight is 245 g/mol. The standard InChI is InChI=1S/C12H15N5O/c1-5-8(13)3-7-4-9-11(6(2)10(5)7)15-12(14)16-17(9)18/h4-5,8H,3,13H2,1-2H3,(H2,14,15,16). The fourth-order valence-corrected chi connectivity index (χ4v) is 2.89.